The van der Waals surface area contributed by atoms with Gasteiger partial charge in [-0.15, -0.1) is 0 Å². The number of aliphatic hydroxyl groups is 3. The van der Waals surface area contributed by atoms with Crippen molar-refractivity contribution in [3.63, 3.8) is 0 Å². The molecule has 0 bridgehead atoms. The van der Waals surface area contributed by atoms with Crippen molar-refractivity contribution >= 4 is 82.9 Å². The topological polar surface area (TPSA) is 485 Å². The predicted octanol–water partition coefficient (Wildman–Crippen LogP) is -2.67. The molecular weight excluding hydrogens is 1350 g/mol. The fourth-order valence-corrected chi connectivity index (χ4v) is 10.1. The molecule has 21 atom stereocenters. The zero-order valence-electron chi connectivity index (χ0n) is 56.0. The van der Waals surface area contributed by atoms with Gasteiger partial charge in [0.2, 0.25) is 11.8 Å². The van der Waals surface area contributed by atoms with E-state index in [-0.39, 0.29) is 63.7 Å². The van der Waals surface area contributed by atoms with Crippen molar-refractivity contribution in [1.29, 1.82) is 0 Å². The summed E-state index contributed by atoms with van der Waals surface area (Å²) in [5, 5.41) is 50.0. The number of carboxylic acids is 1. The van der Waals surface area contributed by atoms with Gasteiger partial charge in [0.25, 0.3) is 0 Å². The summed E-state index contributed by atoms with van der Waals surface area (Å²) in [5.41, 5.74) is 5.84. The average Bonchev–Trinajstić information content (AvgIpc) is 0.769. The van der Waals surface area contributed by atoms with Gasteiger partial charge in [0.15, 0.2) is 30.7 Å². The van der Waals surface area contributed by atoms with Crippen LogP contribution in [0, 0.1) is 17.8 Å². The van der Waals surface area contributed by atoms with Crippen molar-refractivity contribution in [2.75, 3.05) is 27.9 Å². The molecule has 2 amide bonds. The first-order valence-corrected chi connectivity index (χ1v) is 28.7. The number of ketones is 3. The third kappa shape index (κ3) is 29.5. The molecule has 3 aliphatic heterocycles. The Morgan fingerprint density at radius 3 is 1.07 bits per heavy atom. The van der Waals surface area contributed by atoms with Crippen LogP contribution in [0.1, 0.15) is 137 Å². The Bertz CT molecular complexity index is 2640. The van der Waals surface area contributed by atoms with Crippen LogP contribution in [-0.4, -0.2) is 240 Å². The van der Waals surface area contributed by atoms with Gasteiger partial charge >= 0.3 is 101 Å². The number of amides is 2. The third-order valence-corrected chi connectivity index (χ3v) is 13.8. The number of carboxylic acid groups (broad SMARTS) is 1. The number of nitrogens with two attached hydrogens (primary N) is 1. The minimum Gasteiger partial charge on any atom is -0.857 e. The molecule has 0 aromatic heterocycles. The fraction of sp³-hybridized carbons (Fsp3) is 0.763. The molecule has 3 saturated heterocycles. The number of nitrogens with one attached hydrogen (secondary N) is 2. The number of Topliss-reactive ketones (excluding diaryl/α,β-unsaturated/α-hetero) is 3. The van der Waals surface area contributed by atoms with Gasteiger partial charge in [-0.2, -0.15) is 20.3 Å². The summed E-state index contributed by atoms with van der Waals surface area (Å²) in [6.45, 7) is 14.3. The molecular formula is C59H94F6N3NaO29. The van der Waals surface area contributed by atoms with E-state index in [9.17, 15) is 90.5 Å². The summed E-state index contributed by atoms with van der Waals surface area (Å²) in [6.07, 6.45) is -23.7. The SMILES string of the molecule is C.C.CC(=O)C[C@H]1C([C@H](O)[C@H](O)CO)O[C@@](F)(C(=O)O)C(F)[C@H]1NC(C)=O.CC(=O)OC(C)=O.CC[C@@H](OC(C)=O)[C@@H](OC(C)=O)C1O[C@@](F)(C(=O)OC)C(F)[C@@H](N)[C@H]1CC(C)=O.CC[C@@H](OC(C)=O)[C@@H](OC(C)=O)C1O[C@@](F)(C(=O)OC)C(F)[C@@H](NC(C)=O)[C@H]1CC(C)=O.C[O-].[Na+]. The van der Waals surface area contributed by atoms with Crippen LogP contribution in [0.25, 0.3) is 0 Å². The minimum absolute atomic E-state index is 0. The number of rotatable bonds is 24. The monoisotopic (exact) mass is 1450 g/mol. The molecule has 3 aliphatic rings. The third-order valence-electron chi connectivity index (χ3n) is 13.8. The summed E-state index contributed by atoms with van der Waals surface area (Å²) in [5.74, 6) is -28.1. The Labute approximate surface area is 584 Å². The summed E-state index contributed by atoms with van der Waals surface area (Å²) < 4.78 is 138. The second kappa shape index (κ2) is 46.1. The second-order valence-electron chi connectivity index (χ2n) is 21.5. The molecule has 0 spiro atoms. The molecule has 39 heteroatoms. The van der Waals surface area contributed by atoms with E-state index < -0.39 is 229 Å². The Kier molecular flexibility index (Phi) is 47.2. The predicted molar refractivity (Wildman–Crippen MR) is 316 cm³/mol. The van der Waals surface area contributed by atoms with Gasteiger partial charge in [-0.05, 0) is 33.6 Å². The molecule has 32 nitrogen and oxygen atoms in total. The number of carbonyl (C=O) groups is 14. The number of hydrogen-bond donors (Lipinski definition) is 7. The van der Waals surface area contributed by atoms with Gasteiger partial charge in [0, 0.05) is 98.4 Å². The maximum Gasteiger partial charge on any atom is 1.00 e. The first-order chi connectivity index (χ1) is 43.7. The molecule has 0 aromatic rings. The number of hydrogen-bond acceptors (Lipinski definition) is 29. The molecule has 3 heterocycles. The number of aliphatic hydroxyl groups excluding tert-OH is 3. The van der Waals surface area contributed by atoms with Gasteiger partial charge < -0.3 is 104 Å². The van der Waals surface area contributed by atoms with Crippen molar-refractivity contribution in [3.05, 3.63) is 0 Å². The van der Waals surface area contributed by atoms with Crippen LogP contribution >= 0.6 is 0 Å². The van der Waals surface area contributed by atoms with Crippen LogP contribution in [0.4, 0.5) is 26.3 Å². The molecule has 0 aliphatic carbocycles. The maximum atomic E-state index is 15.6. The fourth-order valence-electron chi connectivity index (χ4n) is 10.1. The average molecular weight is 1450 g/mol. The molecule has 98 heavy (non-hydrogen) atoms. The van der Waals surface area contributed by atoms with E-state index >= 15 is 13.2 Å². The van der Waals surface area contributed by atoms with E-state index in [0.717, 1.165) is 69.8 Å². The Morgan fingerprint density at radius 1 is 0.510 bits per heavy atom. The quantitative estimate of drug-likeness (QED) is 0.0170. The largest absolute Gasteiger partial charge is 1.00 e. The molecule has 0 radical (unpaired) electrons. The number of ether oxygens (including phenoxy) is 10. The van der Waals surface area contributed by atoms with Crippen molar-refractivity contribution in [1.82, 2.24) is 10.6 Å². The number of aliphatic carboxylic acids is 1. The number of esters is 8. The minimum atomic E-state index is -3.93. The summed E-state index contributed by atoms with van der Waals surface area (Å²) in [4.78, 5) is 159. The summed E-state index contributed by atoms with van der Waals surface area (Å²) >= 11 is 0. The van der Waals surface area contributed by atoms with Gasteiger partial charge in [-0.25, -0.2) is 27.6 Å². The van der Waals surface area contributed by atoms with Crippen LogP contribution < -0.4 is 51.0 Å². The van der Waals surface area contributed by atoms with Crippen LogP contribution in [0.2, 0.25) is 0 Å². The molecule has 8 N–H and O–H groups in total. The number of halogens is 6. The molecule has 0 saturated carbocycles. The van der Waals surface area contributed by atoms with Gasteiger partial charge in [0.1, 0.15) is 54.0 Å². The zero-order chi connectivity index (χ0) is 74.7. The van der Waals surface area contributed by atoms with Crippen LogP contribution in [0.3, 0.4) is 0 Å². The van der Waals surface area contributed by atoms with Crippen LogP contribution in [-0.2, 0) is 114 Å². The van der Waals surface area contributed by atoms with Gasteiger partial charge in [0.05, 0.1) is 39.0 Å². The Morgan fingerprint density at radius 2 is 0.806 bits per heavy atom. The van der Waals surface area contributed by atoms with Crippen molar-refractivity contribution in [3.8, 4) is 0 Å². The van der Waals surface area contributed by atoms with Crippen LogP contribution in [0.15, 0.2) is 0 Å². The van der Waals surface area contributed by atoms with Crippen molar-refractivity contribution < 1.29 is 196 Å². The molecule has 562 valence electrons. The maximum absolute atomic E-state index is 15.6. The Balaban J connectivity index is -0.000000410. The summed E-state index contributed by atoms with van der Waals surface area (Å²) in [6, 6.07) is -5.22. The first kappa shape index (κ1) is 100. The standard InChI is InChI=1S/C20H29F2NO9.C18H27F2NO8.C14H21F2NO8.C4H6O3.CH3O.2CH4.Na/c1-7-14(30-11(4)26)17(31-12(5)27)16-13(8-9(2)24)15(23-10(3)25)18(21)20(22,32-16)19(28)29-6;1-6-12(27-9(3)23)15(28-10(4)24)14-11(7-8(2)22)13(21)16(19)18(20,29-14)17(25)26-5;1-5(19)3-7-9(17-6(2)20)12(15)14(16,13(23)24)25-11(7)10(22)8(21)4-18;1-3(5)7-4(2)6;1-2;;;/h13-18H,7-8H2,1-6H3,(H,23,25);11-16H,6-7,21H2,1-5H3;7-12,18,21-22H,3-4H2,1-2H3,(H,17,20)(H,23,24);1-2H3;1H3;2*1H4;/q;;;;-1;;;+1/t13-,14-,15+,16?,17-,18?,20-;11-,12-,13+,14?,15-,16?,18-;7-,8-,9+,10-,11?,12?,14-;;;;;/m111...../s1. The van der Waals surface area contributed by atoms with E-state index in [1.54, 1.807) is 13.8 Å². The smallest absolute Gasteiger partial charge is 0.857 e. The second-order valence-corrected chi connectivity index (χ2v) is 21.5. The number of methoxy groups -OCH3 is 2. The molecule has 3 rings (SSSR count). The van der Waals surface area contributed by atoms with E-state index in [1.165, 1.54) is 27.7 Å². The van der Waals surface area contributed by atoms with Crippen molar-refractivity contribution in [2.24, 2.45) is 23.5 Å². The van der Waals surface area contributed by atoms with Gasteiger partial charge in [-0.3, -0.25) is 38.4 Å². The Hall–Kier alpha value is -6.36. The van der Waals surface area contributed by atoms with Crippen LogP contribution in [0.5, 0.6) is 0 Å². The molecule has 0 aromatic carbocycles. The normalized spacial score (nSPS) is 28.3. The number of carbonyl (C=O) groups excluding carboxylic acids is 13. The van der Waals surface area contributed by atoms with E-state index in [4.69, 9.17) is 49.5 Å². The van der Waals surface area contributed by atoms with E-state index in [2.05, 4.69) is 24.3 Å². The molecule has 3 fully saturated rings. The zero-order valence-corrected chi connectivity index (χ0v) is 58.0. The molecule has 6 unspecified atom stereocenters. The van der Waals surface area contributed by atoms with Crippen molar-refractivity contribution in [2.45, 2.75) is 246 Å². The van der Waals surface area contributed by atoms with E-state index in [0.29, 0.717) is 0 Å². The van der Waals surface area contributed by atoms with Gasteiger partial charge in [-0.1, -0.05) is 28.7 Å². The van der Waals surface area contributed by atoms with E-state index in [1.807, 2.05) is 5.32 Å². The number of alkyl halides is 6. The summed E-state index contributed by atoms with van der Waals surface area (Å²) in [7, 11) is 2.39. The first-order valence-electron chi connectivity index (χ1n) is 28.7.